The van der Waals surface area contributed by atoms with Crippen LogP contribution in [0, 0.1) is 21.0 Å². The van der Waals surface area contributed by atoms with Gasteiger partial charge in [0.2, 0.25) is 0 Å². The third-order valence-electron chi connectivity index (χ3n) is 2.54. The Morgan fingerprint density at radius 2 is 1.58 bits per heavy atom. The summed E-state index contributed by atoms with van der Waals surface area (Å²) in [4.78, 5) is 0. The zero-order chi connectivity index (χ0) is 14.2. The van der Waals surface area contributed by atoms with E-state index in [9.17, 15) is 13.2 Å². The molecule has 0 heterocycles. The average Bonchev–Trinajstić information content (AvgIpc) is 2.36. The Labute approximate surface area is 135 Å². The van der Waals surface area contributed by atoms with Crippen LogP contribution in [0.3, 0.4) is 0 Å². The first-order chi connectivity index (χ1) is 8.90. The summed E-state index contributed by atoms with van der Waals surface area (Å²) in [5, 5.41) is -0.889. The number of rotatable bonds is 2. The standard InChI is InChI=1S/C13H6BrClF3I/c14-6-1-2-12(19)8(3-6)13(15)7-4-10(17)11(18)5-9(7)16/h1-5,13H. The van der Waals surface area contributed by atoms with Crippen LogP contribution in [-0.4, -0.2) is 0 Å². The van der Waals surface area contributed by atoms with E-state index >= 15 is 0 Å². The molecule has 0 amide bonds. The average molecular weight is 461 g/mol. The monoisotopic (exact) mass is 460 g/mol. The minimum absolute atomic E-state index is 0.0865. The van der Waals surface area contributed by atoms with Crippen molar-refractivity contribution in [1.82, 2.24) is 0 Å². The zero-order valence-electron chi connectivity index (χ0n) is 9.23. The molecule has 1 atom stereocenters. The molecule has 100 valence electrons. The van der Waals surface area contributed by atoms with Crippen LogP contribution >= 0.6 is 50.1 Å². The lowest BCUT2D eigenvalue weighted by Gasteiger charge is -2.14. The molecular weight excluding hydrogens is 455 g/mol. The first-order valence-electron chi connectivity index (χ1n) is 5.13. The van der Waals surface area contributed by atoms with Crippen LogP contribution in [0.4, 0.5) is 13.2 Å². The highest BCUT2D eigenvalue weighted by Crippen LogP contribution is 2.35. The molecule has 0 fully saturated rings. The molecule has 0 bridgehead atoms. The number of hydrogen-bond donors (Lipinski definition) is 0. The second-order valence-electron chi connectivity index (χ2n) is 3.82. The molecule has 0 spiro atoms. The third kappa shape index (κ3) is 3.25. The SMILES string of the molecule is Fc1cc(F)c(C(Cl)c2cc(Br)ccc2I)cc1F. The van der Waals surface area contributed by atoms with Crippen LogP contribution in [0.15, 0.2) is 34.8 Å². The van der Waals surface area contributed by atoms with Gasteiger partial charge in [0.25, 0.3) is 0 Å². The largest absolute Gasteiger partial charge is 0.207 e. The van der Waals surface area contributed by atoms with Gasteiger partial charge < -0.3 is 0 Å². The summed E-state index contributed by atoms with van der Waals surface area (Å²) in [5.41, 5.74) is 0.540. The number of benzene rings is 2. The van der Waals surface area contributed by atoms with E-state index < -0.39 is 22.8 Å². The summed E-state index contributed by atoms with van der Waals surface area (Å²) in [6, 6.07) is 6.63. The van der Waals surface area contributed by atoms with Crippen LogP contribution in [-0.2, 0) is 0 Å². The normalized spacial score (nSPS) is 12.5. The Balaban J connectivity index is 2.52. The summed E-state index contributed by atoms with van der Waals surface area (Å²) in [6.45, 7) is 0. The van der Waals surface area contributed by atoms with Gasteiger partial charge in [-0.3, -0.25) is 0 Å². The van der Waals surface area contributed by atoms with Crippen molar-refractivity contribution in [2.75, 3.05) is 0 Å². The van der Waals surface area contributed by atoms with Gasteiger partial charge >= 0.3 is 0 Å². The van der Waals surface area contributed by atoms with Gasteiger partial charge in [-0.15, -0.1) is 11.6 Å². The summed E-state index contributed by atoms with van der Waals surface area (Å²) in [7, 11) is 0. The van der Waals surface area contributed by atoms with E-state index in [0.717, 1.165) is 14.1 Å². The van der Waals surface area contributed by atoms with Crippen LogP contribution in [0.1, 0.15) is 16.5 Å². The molecule has 0 radical (unpaired) electrons. The van der Waals surface area contributed by atoms with Crippen LogP contribution in [0.2, 0.25) is 0 Å². The molecule has 0 N–H and O–H groups in total. The van der Waals surface area contributed by atoms with E-state index in [2.05, 4.69) is 38.5 Å². The molecule has 0 aliphatic carbocycles. The molecule has 2 aromatic carbocycles. The van der Waals surface area contributed by atoms with Crippen molar-refractivity contribution in [2.24, 2.45) is 0 Å². The van der Waals surface area contributed by atoms with Gasteiger partial charge in [-0.1, -0.05) is 15.9 Å². The highest BCUT2D eigenvalue weighted by atomic mass is 127. The lowest BCUT2D eigenvalue weighted by Crippen LogP contribution is -2.02. The third-order valence-corrected chi connectivity index (χ3v) is 4.49. The van der Waals surface area contributed by atoms with E-state index in [0.29, 0.717) is 11.6 Å². The number of hydrogen-bond acceptors (Lipinski definition) is 0. The minimum atomic E-state index is -1.23. The lowest BCUT2D eigenvalue weighted by atomic mass is 10.0. The fraction of sp³-hybridized carbons (Fsp3) is 0.0769. The van der Waals surface area contributed by atoms with Crippen molar-refractivity contribution in [3.63, 3.8) is 0 Å². The second-order valence-corrected chi connectivity index (χ2v) is 6.33. The smallest absolute Gasteiger partial charge is 0.161 e. The number of halogens is 6. The van der Waals surface area contributed by atoms with Crippen molar-refractivity contribution in [1.29, 1.82) is 0 Å². The fourth-order valence-electron chi connectivity index (χ4n) is 1.61. The zero-order valence-corrected chi connectivity index (χ0v) is 13.7. The van der Waals surface area contributed by atoms with Gasteiger partial charge in [0.05, 0.1) is 5.38 Å². The van der Waals surface area contributed by atoms with Crippen molar-refractivity contribution in [3.8, 4) is 0 Å². The molecule has 0 saturated heterocycles. The molecule has 2 aromatic rings. The summed E-state index contributed by atoms with van der Waals surface area (Å²) < 4.78 is 41.4. The number of alkyl halides is 1. The van der Waals surface area contributed by atoms with Gasteiger partial charge in [-0.25, -0.2) is 13.2 Å². The van der Waals surface area contributed by atoms with E-state index in [1.807, 2.05) is 6.07 Å². The lowest BCUT2D eigenvalue weighted by molar-refractivity contribution is 0.490. The molecule has 0 saturated carbocycles. The quantitative estimate of drug-likeness (QED) is 0.301. The maximum atomic E-state index is 13.7. The van der Waals surface area contributed by atoms with Gasteiger partial charge in [0, 0.05) is 19.7 Å². The Kier molecular flexibility index (Phi) is 4.79. The van der Waals surface area contributed by atoms with Crippen LogP contribution in [0.25, 0.3) is 0 Å². The Hall–Kier alpha value is -0.270. The summed E-state index contributed by atoms with van der Waals surface area (Å²) in [5.74, 6) is -3.21. The predicted molar refractivity (Wildman–Crippen MR) is 80.9 cm³/mol. The molecule has 19 heavy (non-hydrogen) atoms. The minimum Gasteiger partial charge on any atom is -0.207 e. The molecule has 1 unspecified atom stereocenters. The van der Waals surface area contributed by atoms with Crippen molar-refractivity contribution in [2.45, 2.75) is 5.38 Å². The van der Waals surface area contributed by atoms with E-state index in [4.69, 9.17) is 11.6 Å². The van der Waals surface area contributed by atoms with Crippen LogP contribution in [0.5, 0.6) is 0 Å². The highest BCUT2D eigenvalue weighted by molar-refractivity contribution is 14.1. The van der Waals surface area contributed by atoms with E-state index in [-0.39, 0.29) is 5.56 Å². The maximum absolute atomic E-state index is 13.7. The van der Waals surface area contributed by atoms with E-state index in [1.165, 1.54) is 0 Å². The van der Waals surface area contributed by atoms with Crippen molar-refractivity contribution in [3.05, 3.63) is 67.0 Å². The molecule has 0 aliphatic rings. The fourth-order valence-corrected chi connectivity index (χ4v) is 3.17. The maximum Gasteiger partial charge on any atom is 0.161 e. The summed E-state index contributed by atoms with van der Waals surface area (Å²) in [6.07, 6.45) is 0. The Morgan fingerprint density at radius 3 is 2.26 bits per heavy atom. The molecule has 0 aromatic heterocycles. The summed E-state index contributed by atoms with van der Waals surface area (Å²) >= 11 is 11.5. The Bertz CT molecular complexity index is 634. The topological polar surface area (TPSA) is 0 Å². The van der Waals surface area contributed by atoms with E-state index in [1.54, 1.807) is 12.1 Å². The predicted octanol–water partition coefficient (Wildman–Crippen LogP) is 5.80. The van der Waals surface area contributed by atoms with Gasteiger partial charge in [0.15, 0.2) is 11.6 Å². The van der Waals surface area contributed by atoms with Crippen LogP contribution < -0.4 is 0 Å². The second kappa shape index (κ2) is 6.01. The highest BCUT2D eigenvalue weighted by Gasteiger charge is 2.20. The first kappa shape index (κ1) is 15.1. The first-order valence-corrected chi connectivity index (χ1v) is 7.44. The molecule has 0 nitrogen and oxygen atoms in total. The molecular formula is C13H6BrClF3I. The van der Waals surface area contributed by atoms with Gasteiger partial charge in [-0.05, 0) is 52.4 Å². The van der Waals surface area contributed by atoms with Gasteiger partial charge in [0.1, 0.15) is 5.82 Å². The van der Waals surface area contributed by atoms with Crippen molar-refractivity contribution >= 4 is 50.1 Å². The van der Waals surface area contributed by atoms with Crippen molar-refractivity contribution < 1.29 is 13.2 Å². The molecule has 0 aliphatic heterocycles. The molecule has 6 heteroatoms. The Morgan fingerprint density at radius 1 is 0.947 bits per heavy atom. The van der Waals surface area contributed by atoms with Gasteiger partial charge in [-0.2, -0.15) is 0 Å². The molecule has 2 rings (SSSR count).